The highest BCUT2D eigenvalue weighted by Gasteiger charge is 2.15. The average Bonchev–Trinajstić information content (AvgIpc) is 2.97. The Kier molecular flexibility index (Phi) is 7.06. The Balaban J connectivity index is 0.00000180. The number of nitrogens with two attached hydrogens (primary N) is 1. The van der Waals surface area contributed by atoms with Gasteiger partial charge in [-0.05, 0) is 19.8 Å². The molecule has 3 N–H and O–H groups in total. The third-order valence-corrected chi connectivity index (χ3v) is 4.50. The zero-order chi connectivity index (χ0) is 13.0. The van der Waals surface area contributed by atoms with E-state index in [1.54, 1.807) is 11.3 Å². The number of nitrogens with zero attached hydrogens (tertiary/aromatic N) is 2. The Bertz CT molecular complexity index is 413. The molecule has 2 rings (SSSR count). The third kappa shape index (κ3) is 5.25. The molecule has 0 saturated heterocycles. The van der Waals surface area contributed by atoms with E-state index in [1.165, 1.54) is 25.7 Å². The molecule has 0 aromatic carbocycles. The molecule has 108 valence electrons. The maximum atomic E-state index is 5.91. The fraction of sp³-hybridized carbons (Fsp3) is 0.692. The monoisotopic (exact) mass is 394 g/mol. The zero-order valence-corrected chi connectivity index (χ0v) is 14.7. The first-order valence-corrected chi connectivity index (χ1v) is 7.51. The highest BCUT2D eigenvalue weighted by Crippen LogP contribution is 2.20. The van der Waals surface area contributed by atoms with Crippen LogP contribution in [0.2, 0.25) is 0 Å². The van der Waals surface area contributed by atoms with Crippen LogP contribution in [0, 0.1) is 6.92 Å². The zero-order valence-electron chi connectivity index (χ0n) is 11.6. The van der Waals surface area contributed by atoms with Gasteiger partial charge in [0.2, 0.25) is 0 Å². The van der Waals surface area contributed by atoms with Gasteiger partial charge in [-0.1, -0.05) is 19.8 Å². The smallest absolute Gasteiger partial charge is 0.188 e. The number of aromatic nitrogens is 1. The van der Waals surface area contributed by atoms with Gasteiger partial charge in [-0.15, -0.1) is 35.3 Å². The van der Waals surface area contributed by atoms with E-state index in [4.69, 9.17) is 5.73 Å². The molecule has 0 amide bonds. The minimum atomic E-state index is 0. The molecule has 6 heteroatoms. The number of hydrogen-bond donors (Lipinski definition) is 2. The summed E-state index contributed by atoms with van der Waals surface area (Å²) in [6, 6.07) is 0.533. The van der Waals surface area contributed by atoms with Crippen molar-refractivity contribution < 1.29 is 0 Å². The first kappa shape index (κ1) is 16.7. The fourth-order valence-corrected chi connectivity index (χ4v) is 3.08. The lowest BCUT2D eigenvalue weighted by molar-refractivity contribution is 0.623. The van der Waals surface area contributed by atoms with E-state index in [0.717, 1.165) is 10.7 Å². The van der Waals surface area contributed by atoms with Crippen molar-refractivity contribution in [1.82, 2.24) is 10.3 Å². The predicted octanol–water partition coefficient (Wildman–Crippen LogP) is 3.02. The molecule has 1 aromatic heterocycles. The van der Waals surface area contributed by atoms with Gasteiger partial charge in [0.25, 0.3) is 0 Å². The van der Waals surface area contributed by atoms with Gasteiger partial charge in [-0.2, -0.15) is 0 Å². The second-order valence-corrected chi connectivity index (χ2v) is 5.97. The van der Waals surface area contributed by atoms with Gasteiger partial charge in [0, 0.05) is 23.0 Å². The molecule has 0 spiro atoms. The molecule has 1 aliphatic carbocycles. The van der Waals surface area contributed by atoms with Crippen LogP contribution in [0.25, 0.3) is 0 Å². The minimum Gasteiger partial charge on any atom is -0.370 e. The van der Waals surface area contributed by atoms with Crippen LogP contribution in [-0.2, 0) is 0 Å². The maximum Gasteiger partial charge on any atom is 0.188 e. The molecule has 1 saturated carbocycles. The number of guanidine groups is 1. The maximum absolute atomic E-state index is 5.91. The topological polar surface area (TPSA) is 63.3 Å². The number of rotatable bonds is 4. The molecular formula is C13H23IN4S. The number of halogens is 1. The van der Waals surface area contributed by atoms with Crippen LogP contribution in [0.4, 0.5) is 0 Å². The predicted molar refractivity (Wildman–Crippen MR) is 92.6 cm³/mol. The van der Waals surface area contributed by atoms with E-state index in [0.29, 0.717) is 24.5 Å². The second-order valence-electron chi connectivity index (χ2n) is 5.08. The number of nitrogens with one attached hydrogen (secondary N) is 1. The Labute approximate surface area is 136 Å². The van der Waals surface area contributed by atoms with E-state index in [1.807, 2.05) is 6.92 Å². The highest BCUT2D eigenvalue weighted by molar-refractivity contribution is 14.0. The minimum absolute atomic E-state index is 0. The van der Waals surface area contributed by atoms with Crippen molar-refractivity contribution >= 4 is 41.3 Å². The Morgan fingerprint density at radius 3 is 2.84 bits per heavy atom. The fourth-order valence-electron chi connectivity index (χ4n) is 2.24. The number of aliphatic imine (C=N–C) groups is 1. The van der Waals surface area contributed by atoms with Gasteiger partial charge in [0.15, 0.2) is 5.96 Å². The van der Waals surface area contributed by atoms with Crippen LogP contribution in [0.3, 0.4) is 0 Å². The normalized spacial score (nSPS) is 18.1. The number of thiazole rings is 1. The molecule has 1 aliphatic rings. The van der Waals surface area contributed by atoms with Crippen molar-refractivity contribution in [1.29, 1.82) is 0 Å². The van der Waals surface area contributed by atoms with Gasteiger partial charge in [0.1, 0.15) is 0 Å². The molecular weight excluding hydrogens is 371 g/mol. The SMILES string of the molecule is Cc1csc(C(C)CN=C(N)NC2CCCC2)n1.I. The lowest BCUT2D eigenvalue weighted by atomic mass is 10.2. The van der Waals surface area contributed by atoms with Crippen molar-refractivity contribution in [3.63, 3.8) is 0 Å². The van der Waals surface area contributed by atoms with E-state index < -0.39 is 0 Å². The van der Waals surface area contributed by atoms with E-state index in [2.05, 4.69) is 27.6 Å². The van der Waals surface area contributed by atoms with E-state index in [-0.39, 0.29) is 24.0 Å². The molecule has 1 unspecified atom stereocenters. The van der Waals surface area contributed by atoms with Crippen LogP contribution in [0.1, 0.15) is 49.2 Å². The van der Waals surface area contributed by atoms with Crippen molar-refractivity contribution in [3.05, 3.63) is 16.1 Å². The summed E-state index contributed by atoms with van der Waals surface area (Å²) >= 11 is 1.70. The molecule has 1 atom stereocenters. The van der Waals surface area contributed by atoms with Gasteiger partial charge in [0.05, 0.1) is 11.6 Å². The van der Waals surface area contributed by atoms with Crippen molar-refractivity contribution in [2.75, 3.05) is 6.54 Å². The standard InChI is InChI=1S/C13H22N4S.HI/c1-9(12-16-10(2)8-18-12)7-15-13(14)17-11-5-3-4-6-11;/h8-9,11H,3-7H2,1-2H3,(H3,14,15,17);1H. The van der Waals surface area contributed by atoms with Gasteiger partial charge in [-0.3, -0.25) is 4.99 Å². The highest BCUT2D eigenvalue weighted by atomic mass is 127. The van der Waals surface area contributed by atoms with Gasteiger partial charge >= 0.3 is 0 Å². The molecule has 0 aliphatic heterocycles. The molecule has 1 heterocycles. The van der Waals surface area contributed by atoms with E-state index in [9.17, 15) is 0 Å². The Morgan fingerprint density at radius 1 is 1.58 bits per heavy atom. The van der Waals surface area contributed by atoms with Crippen LogP contribution in [-0.4, -0.2) is 23.5 Å². The Morgan fingerprint density at radius 2 is 2.26 bits per heavy atom. The summed E-state index contributed by atoms with van der Waals surface area (Å²) in [4.78, 5) is 8.90. The van der Waals surface area contributed by atoms with Crippen LogP contribution < -0.4 is 11.1 Å². The van der Waals surface area contributed by atoms with Gasteiger partial charge < -0.3 is 11.1 Å². The molecule has 19 heavy (non-hydrogen) atoms. The first-order valence-electron chi connectivity index (χ1n) is 6.63. The van der Waals surface area contributed by atoms with Crippen molar-refractivity contribution in [3.8, 4) is 0 Å². The Hall–Kier alpha value is -0.370. The largest absolute Gasteiger partial charge is 0.370 e. The third-order valence-electron chi connectivity index (χ3n) is 3.30. The van der Waals surface area contributed by atoms with E-state index >= 15 is 0 Å². The quantitative estimate of drug-likeness (QED) is 0.469. The lowest BCUT2D eigenvalue weighted by Gasteiger charge is -2.13. The summed E-state index contributed by atoms with van der Waals surface area (Å²) in [5, 5.41) is 6.52. The molecule has 1 fully saturated rings. The number of aryl methyl sites for hydroxylation is 1. The summed E-state index contributed by atoms with van der Waals surface area (Å²) in [6.45, 7) is 4.87. The van der Waals surface area contributed by atoms with Crippen LogP contribution in [0.5, 0.6) is 0 Å². The number of hydrogen-bond acceptors (Lipinski definition) is 3. The summed E-state index contributed by atoms with van der Waals surface area (Å²) in [6.07, 6.45) is 5.05. The summed E-state index contributed by atoms with van der Waals surface area (Å²) in [5.74, 6) is 0.926. The molecule has 0 radical (unpaired) electrons. The summed E-state index contributed by atoms with van der Waals surface area (Å²) in [5.41, 5.74) is 6.99. The average molecular weight is 394 g/mol. The van der Waals surface area contributed by atoms with Crippen molar-refractivity contribution in [2.45, 2.75) is 51.5 Å². The summed E-state index contributed by atoms with van der Waals surface area (Å²) < 4.78 is 0. The van der Waals surface area contributed by atoms with Crippen LogP contribution in [0.15, 0.2) is 10.4 Å². The van der Waals surface area contributed by atoms with Crippen molar-refractivity contribution in [2.24, 2.45) is 10.7 Å². The molecule has 0 bridgehead atoms. The molecule has 4 nitrogen and oxygen atoms in total. The van der Waals surface area contributed by atoms with Crippen LogP contribution >= 0.6 is 35.3 Å². The summed E-state index contributed by atoms with van der Waals surface area (Å²) in [7, 11) is 0. The second kappa shape index (κ2) is 8.04. The van der Waals surface area contributed by atoms with Gasteiger partial charge in [-0.25, -0.2) is 4.98 Å². The lowest BCUT2D eigenvalue weighted by Crippen LogP contribution is -2.38. The first-order chi connectivity index (χ1) is 8.65. The molecule has 1 aromatic rings.